The van der Waals surface area contributed by atoms with Crippen molar-refractivity contribution >= 4 is 17.6 Å². The number of anilines is 1. The van der Waals surface area contributed by atoms with E-state index in [0.717, 1.165) is 28.1 Å². The Labute approximate surface area is 193 Å². The molecule has 3 aromatic carbocycles. The summed E-state index contributed by atoms with van der Waals surface area (Å²) in [6.07, 6.45) is 0.214. The molecule has 1 unspecified atom stereocenters. The molecule has 2 heterocycles. The molecule has 0 fully saturated rings. The maximum absolute atomic E-state index is 13.2. The first kappa shape index (κ1) is 21.0. The molecular formula is C28H25NO4. The van der Waals surface area contributed by atoms with Gasteiger partial charge in [0.2, 0.25) is 5.91 Å². The van der Waals surface area contributed by atoms with Gasteiger partial charge in [0.1, 0.15) is 19.0 Å². The van der Waals surface area contributed by atoms with Gasteiger partial charge in [-0.25, -0.2) is 4.79 Å². The van der Waals surface area contributed by atoms with Crippen LogP contribution in [-0.4, -0.2) is 18.5 Å². The van der Waals surface area contributed by atoms with Crippen molar-refractivity contribution in [2.45, 2.75) is 32.8 Å². The number of aryl methyl sites for hydroxylation is 2. The average molecular weight is 440 g/mol. The number of rotatable bonds is 5. The summed E-state index contributed by atoms with van der Waals surface area (Å²) >= 11 is 0. The van der Waals surface area contributed by atoms with Crippen molar-refractivity contribution < 1.29 is 19.1 Å². The third kappa shape index (κ3) is 4.14. The van der Waals surface area contributed by atoms with Crippen molar-refractivity contribution in [3.8, 4) is 5.75 Å². The first-order chi connectivity index (χ1) is 16.0. The fourth-order valence-electron chi connectivity index (χ4n) is 4.50. The largest absolute Gasteiger partial charge is 0.489 e. The van der Waals surface area contributed by atoms with Crippen LogP contribution >= 0.6 is 0 Å². The monoisotopic (exact) mass is 439 g/mol. The zero-order chi connectivity index (χ0) is 22.9. The number of benzene rings is 3. The minimum absolute atomic E-state index is 0.0410. The molecular weight excluding hydrogens is 414 g/mol. The van der Waals surface area contributed by atoms with E-state index < -0.39 is 0 Å². The van der Waals surface area contributed by atoms with Crippen molar-refractivity contribution in [1.29, 1.82) is 0 Å². The van der Waals surface area contributed by atoms with Crippen LogP contribution in [0, 0.1) is 13.8 Å². The van der Waals surface area contributed by atoms with E-state index in [4.69, 9.17) is 9.47 Å². The summed E-state index contributed by atoms with van der Waals surface area (Å²) < 4.78 is 11.3. The van der Waals surface area contributed by atoms with E-state index in [2.05, 4.69) is 19.1 Å². The van der Waals surface area contributed by atoms with E-state index in [1.165, 1.54) is 5.56 Å². The van der Waals surface area contributed by atoms with Gasteiger partial charge in [0.25, 0.3) is 0 Å². The predicted octanol–water partition coefficient (Wildman–Crippen LogP) is 5.21. The fourth-order valence-corrected chi connectivity index (χ4v) is 4.50. The number of carbonyl (C=O) groups excluding carboxylic acids is 2. The summed E-state index contributed by atoms with van der Waals surface area (Å²) in [5, 5.41) is 0. The van der Waals surface area contributed by atoms with Gasteiger partial charge in [0.15, 0.2) is 0 Å². The number of amides is 1. The molecule has 1 amide bonds. The van der Waals surface area contributed by atoms with Gasteiger partial charge in [-0.1, -0.05) is 59.7 Å². The van der Waals surface area contributed by atoms with Gasteiger partial charge in [-0.2, -0.15) is 0 Å². The third-order valence-electron chi connectivity index (χ3n) is 6.18. The molecule has 0 aliphatic carbocycles. The molecule has 0 N–H and O–H groups in total. The van der Waals surface area contributed by atoms with E-state index in [1.54, 1.807) is 4.90 Å². The van der Waals surface area contributed by atoms with Crippen LogP contribution in [0.15, 0.2) is 84.1 Å². The van der Waals surface area contributed by atoms with Crippen molar-refractivity contribution in [1.82, 2.24) is 0 Å². The van der Waals surface area contributed by atoms with E-state index in [0.29, 0.717) is 17.9 Å². The zero-order valence-electron chi connectivity index (χ0n) is 18.7. The van der Waals surface area contributed by atoms with Gasteiger partial charge in [0.05, 0.1) is 11.3 Å². The lowest BCUT2D eigenvalue weighted by Crippen LogP contribution is -2.37. The average Bonchev–Trinajstić information content (AvgIpc) is 3.20. The highest BCUT2D eigenvalue weighted by Gasteiger charge is 2.42. The van der Waals surface area contributed by atoms with Crippen molar-refractivity contribution in [2.24, 2.45) is 0 Å². The van der Waals surface area contributed by atoms with Crippen LogP contribution in [0.3, 0.4) is 0 Å². The van der Waals surface area contributed by atoms with E-state index >= 15 is 0 Å². The van der Waals surface area contributed by atoms with Gasteiger partial charge in [-0.15, -0.1) is 0 Å². The summed E-state index contributed by atoms with van der Waals surface area (Å²) in [7, 11) is 0. The molecule has 0 spiro atoms. The molecule has 1 atom stereocenters. The molecule has 0 bridgehead atoms. The molecule has 5 rings (SSSR count). The molecule has 0 radical (unpaired) electrons. The SMILES string of the molecule is Cc1ccc(N2C(=O)CC(c3ccc(OCc4cccc(C)c4)cc3)C3=C2COC3=O)cc1. The van der Waals surface area contributed by atoms with Gasteiger partial charge >= 0.3 is 5.97 Å². The second kappa shape index (κ2) is 8.58. The van der Waals surface area contributed by atoms with Gasteiger partial charge in [-0.3, -0.25) is 9.69 Å². The second-order valence-corrected chi connectivity index (χ2v) is 8.60. The quantitative estimate of drug-likeness (QED) is 0.512. The fraction of sp³-hybridized carbons (Fsp3) is 0.214. The van der Waals surface area contributed by atoms with Gasteiger partial charge in [0, 0.05) is 18.0 Å². The predicted molar refractivity (Wildman–Crippen MR) is 126 cm³/mol. The van der Waals surface area contributed by atoms with Crippen LogP contribution in [0.2, 0.25) is 0 Å². The molecule has 2 aliphatic heterocycles. The summed E-state index contributed by atoms with van der Waals surface area (Å²) in [4.78, 5) is 27.4. The molecule has 2 aliphatic rings. The molecule has 0 saturated heterocycles. The van der Waals surface area contributed by atoms with Crippen LogP contribution < -0.4 is 9.64 Å². The van der Waals surface area contributed by atoms with Crippen LogP contribution in [0.25, 0.3) is 0 Å². The molecule has 0 aromatic heterocycles. The number of hydrogen-bond donors (Lipinski definition) is 0. The minimum Gasteiger partial charge on any atom is -0.489 e. The lowest BCUT2D eigenvalue weighted by atomic mass is 9.84. The number of esters is 1. The normalized spacial score (nSPS) is 17.8. The molecule has 0 saturated carbocycles. The Morgan fingerprint density at radius 1 is 0.939 bits per heavy atom. The zero-order valence-corrected chi connectivity index (χ0v) is 18.7. The lowest BCUT2D eigenvalue weighted by Gasteiger charge is -2.32. The number of ether oxygens (including phenoxy) is 2. The lowest BCUT2D eigenvalue weighted by molar-refractivity contribution is -0.136. The third-order valence-corrected chi connectivity index (χ3v) is 6.18. The van der Waals surface area contributed by atoms with E-state index in [-0.39, 0.29) is 30.8 Å². The number of hydrogen-bond acceptors (Lipinski definition) is 4. The number of nitrogens with zero attached hydrogens (tertiary/aromatic N) is 1. The van der Waals surface area contributed by atoms with Crippen LogP contribution in [0.5, 0.6) is 5.75 Å². The van der Waals surface area contributed by atoms with Gasteiger partial charge < -0.3 is 9.47 Å². The van der Waals surface area contributed by atoms with Crippen molar-refractivity contribution in [2.75, 3.05) is 11.5 Å². The molecule has 166 valence electrons. The number of cyclic esters (lactones) is 1. The van der Waals surface area contributed by atoms with E-state index in [9.17, 15) is 9.59 Å². The Balaban J connectivity index is 1.39. The highest BCUT2D eigenvalue weighted by Crippen LogP contribution is 2.42. The van der Waals surface area contributed by atoms with Crippen LogP contribution in [0.4, 0.5) is 5.69 Å². The Kier molecular flexibility index (Phi) is 5.47. The van der Waals surface area contributed by atoms with Crippen LogP contribution in [0.1, 0.15) is 34.6 Å². The van der Waals surface area contributed by atoms with Gasteiger partial charge in [-0.05, 0) is 49.2 Å². The summed E-state index contributed by atoms with van der Waals surface area (Å²) in [5.74, 6) is 0.0296. The maximum Gasteiger partial charge on any atom is 0.336 e. The van der Waals surface area contributed by atoms with Crippen molar-refractivity contribution in [3.05, 3.63) is 106 Å². The molecule has 5 nitrogen and oxygen atoms in total. The molecule has 5 heteroatoms. The maximum atomic E-state index is 13.2. The Bertz CT molecular complexity index is 1240. The standard InChI is InChI=1S/C28H25NO4/c1-18-6-10-22(11-7-18)29-25-17-33-28(31)27(25)24(15-26(29)30)21-8-12-23(13-9-21)32-16-20-5-3-4-19(2)14-20/h3-14,24H,15-17H2,1-2H3. The molecule has 3 aromatic rings. The first-order valence-corrected chi connectivity index (χ1v) is 11.1. The summed E-state index contributed by atoms with van der Waals surface area (Å²) in [5.41, 5.74) is 6.29. The highest BCUT2D eigenvalue weighted by molar-refractivity contribution is 6.06. The molecule has 33 heavy (non-hydrogen) atoms. The second-order valence-electron chi connectivity index (χ2n) is 8.60. The van der Waals surface area contributed by atoms with Crippen LogP contribution in [-0.2, 0) is 20.9 Å². The highest BCUT2D eigenvalue weighted by atomic mass is 16.5. The smallest absolute Gasteiger partial charge is 0.336 e. The Hall–Kier alpha value is -3.86. The number of carbonyl (C=O) groups is 2. The summed E-state index contributed by atoms with van der Waals surface area (Å²) in [6.45, 7) is 4.65. The van der Waals surface area contributed by atoms with Crippen molar-refractivity contribution in [3.63, 3.8) is 0 Å². The minimum atomic E-state index is -0.348. The topological polar surface area (TPSA) is 55.8 Å². The van der Waals surface area contributed by atoms with E-state index in [1.807, 2.05) is 67.6 Å². The Morgan fingerprint density at radius 2 is 1.70 bits per heavy atom. The summed E-state index contributed by atoms with van der Waals surface area (Å²) in [6, 6.07) is 23.6. The Morgan fingerprint density at radius 3 is 2.42 bits per heavy atom. The first-order valence-electron chi connectivity index (χ1n) is 11.1.